The molecule has 186 valence electrons. The fourth-order valence-electron chi connectivity index (χ4n) is 5.31. The zero-order valence-electron chi connectivity index (χ0n) is 20.6. The van der Waals surface area contributed by atoms with Crippen LogP contribution in [0.1, 0.15) is 63.5 Å². The van der Waals surface area contributed by atoms with Gasteiger partial charge >= 0.3 is 12.1 Å². The van der Waals surface area contributed by atoms with E-state index in [0.717, 1.165) is 35.1 Å². The van der Waals surface area contributed by atoms with E-state index in [2.05, 4.69) is 22.8 Å². The van der Waals surface area contributed by atoms with Gasteiger partial charge in [0.05, 0.1) is 5.41 Å². The number of ether oxygens (including phenoxy) is 1. The van der Waals surface area contributed by atoms with Gasteiger partial charge in [0.15, 0.2) is 0 Å². The summed E-state index contributed by atoms with van der Waals surface area (Å²) in [6, 6.07) is 15.3. The van der Waals surface area contributed by atoms with Gasteiger partial charge in [0.1, 0.15) is 12.6 Å². The Morgan fingerprint density at radius 2 is 1.54 bits per heavy atom. The molecule has 0 aliphatic heterocycles. The predicted octanol–water partition coefficient (Wildman–Crippen LogP) is 4.70. The number of carbonyl (C=O) groups excluding carboxylic acids is 2. The zero-order valence-corrected chi connectivity index (χ0v) is 20.6. The molecule has 1 atom stereocenters. The molecule has 0 radical (unpaired) electrons. The molecule has 7 heteroatoms. The van der Waals surface area contributed by atoms with Gasteiger partial charge in [-0.3, -0.25) is 9.59 Å². The number of hydrogen-bond donors (Lipinski definition) is 3. The van der Waals surface area contributed by atoms with E-state index in [1.165, 1.54) is 0 Å². The SMILES string of the molecule is CC(C)(C)[C@@H](NC(=O)OCC1c2ccccc2-c2ccccc21)C(=O)NCC1(C(=O)O)CCCC1. The number of carbonyl (C=O) groups is 3. The van der Waals surface area contributed by atoms with Gasteiger partial charge in [-0.1, -0.05) is 82.1 Å². The Balaban J connectivity index is 1.41. The number of benzene rings is 2. The maximum absolute atomic E-state index is 13.1. The van der Waals surface area contributed by atoms with E-state index in [1.54, 1.807) is 0 Å². The average Bonchev–Trinajstić information content (AvgIpc) is 3.43. The molecular formula is C28H34N2O5. The fraction of sp³-hybridized carbons (Fsp3) is 0.464. The van der Waals surface area contributed by atoms with E-state index in [-0.39, 0.29) is 19.1 Å². The highest BCUT2D eigenvalue weighted by Gasteiger charge is 2.43. The summed E-state index contributed by atoms with van der Waals surface area (Å²) in [4.78, 5) is 37.7. The van der Waals surface area contributed by atoms with Crippen molar-refractivity contribution in [3.8, 4) is 11.1 Å². The largest absolute Gasteiger partial charge is 0.481 e. The quantitative estimate of drug-likeness (QED) is 0.535. The van der Waals surface area contributed by atoms with Crippen molar-refractivity contribution in [1.82, 2.24) is 10.6 Å². The molecule has 1 saturated carbocycles. The molecule has 1 fully saturated rings. The molecule has 0 unspecified atom stereocenters. The summed E-state index contributed by atoms with van der Waals surface area (Å²) >= 11 is 0. The molecule has 2 aromatic carbocycles. The summed E-state index contributed by atoms with van der Waals surface area (Å²) in [5.41, 5.74) is 2.99. The molecule has 7 nitrogen and oxygen atoms in total. The van der Waals surface area contributed by atoms with Crippen molar-refractivity contribution in [1.29, 1.82) is 0 Å². The number of carboxylic acid groups (broad SMARTS) is 1. The van der Waals surface area contributed by atoms with Crippen molar-refractivity contribution in [2.24, 2.45) is 10.8 Å². The van der Waals surface area contributed by atoms with E-state index >= 15 is 0 Å². The van der Waals surface area contributed by atoms with Gasteiger partial charge in [-0.15, -0.1) is 0 Å². The van der Waals surface area contributed by atoms with E-state index in [0.29, 0.717) is 12.8 Å². The molecule has 0 saturated heterocycles. The summed E-state index contributed by atoms with van der Waals surface area (Å²) in [5.74, 6) is -1.36. The highest BCUT2D eigenvalue weighted by molar-refractivity contribution is 5.87. The van der Waals surface area contributed by atoms with Crippen LogP contribution in [0.25, 0.3) is 11.1 Å². The topological polar surface area (TPSA) is 105 Å². The van der Waals surface area contributed by atoms with Crippen molar-refractivity contribution >= 4 is 18.0 Å². The third-order valence-electron chi connectivity index (χ3n) is 7.35. The number of nitrogens with one attached hydrogen (secondary N) is 2. The van der Waals surface area contributed by atoms with Gasteiger partial charge in [0, 0.05) is 12.5 Å². The second-order valence-electron chi connectivity index (χ2n) is 10.8. The smallest absolute Gasteiger partial charge is 0.407 e. The summed E-state index contributed by atoms with van der Waals surface area (Å²) in [7, 11) is 0. The molecule has 2 aliphatic carbocycles. The van der Waals surface area contributed by atoms with Crippen molar-refractivity contribution in [2.45, 2.75) is 58.4 Å². The third kappa shape index (κ3) is 5.04. The van der Waals surface area contributed by atoms with Crippen molar-refractivity contribution in [3.63, 3.8) is 0 Å². The minimum atomic E-state index is -0.929. The van der Waals surface area contributed by atoms with Gasteiger partial charge in [-0.25, -0.2) is 4.79 Å². The lowest BCUT2D eigenvalue weighted by atomic mass is 9.84. The van der Waals surface area contributed by atoms with E-state index < -0.39 is 34.8 Å². The number of carboxylic acids is 1. The second-order valence-corrected chi connectivity index (χ2v) is 10.8. The van der Waals surface area contributed by atoms with Crippen molar-refractivity contribution < 1.29 is 24.2 Å². The Bertz CT molecular complexity index is 1070. The number of hydrogen-bond acceptors (Lipinski definition) is 4. The summed E-state index contributed by atoms with van der Waals surface area (Å²) in [5, 5.41) is 15.2. The molecular weight excluding hydrogens is 444 g/mol. The summed E-state index contributed by atoms with van der Waals surface area (Å²) < 4.78 is 5.63. The Morgan fingerprint density at radius 3 is 2.06 bits per heavy atom. The van der Waals surface area contributed by atoms with Gasteiger partial charge in [-0.2, -0.15) is 0 Å². The molecule has 0 spiro atoms. The number of amides is 2. The highest BCUT2D eigenvalue weighted by atomic mass is 16.5. The predicted molar refractivity (Wildman–Crippen MR) is 133 cm³/mol. The van der Waals surface area contributed by atoms with Crippen molar-refractivity contribution in [2.75, 3.05) is 13.2 Å². The van der Waals surface area contributed by atoms with Crippen LogP contribution in [0, 0.1) is 10.8 Å². The molecule has 3 N–H and O–H groups in total. The lowest BCUT2D eigenvalue weighted by Gasteiger charge is -2.32. The Labute approximate surface area is 206 Å². The normalized spacial score (nSPS) is 17.2. The summed E-state index contributed by atoms with van der Waals surface area (Å²) in [6.45, 7) is 5.76. The Hall–Kier alpha value is -3.35. The van der Waals surface area contributed by atoms with E-state index in [4.69, 9.17) is 4.74 Å². The first kappa shape index (κ1) is 24.8. The lowest BCUT2D eigenvalue weighted by Crippen LogP contribution is -2.55. The minimum Gasteiger partial charge on any atom is -0.481 e. The monoisotopic (exact) mass is 478 g/mol. The number of aliphatic carboxylic acids is 1. The van der Waals surface area contributed by atoms with Gasteiger partial charge in [0.2, 0.25) is 5.91 Å². The molecule has 0 aromatic heterocycles. The van der Waals surface area contributed by atoms with E-state index in [9.17, 15) is 19.5 Å². The van der Waals surface area contributed by atoms with Gasteiger partial charge in [-0.05, 0) is 40.5 Å². The summed E-state index contributed by atoms with van der Waals surface area (Å²) in [6.07, 6.45) is 2.09. The fourth-order valence-corrected chi connectivity index (χ4v) is 5.31. The van der Waals surface area contributed by atoms with Crippen LogP contribution in [0.4, 0.5) is 4.79 Å². The Kier molecular flexibility index (Phi) is 6.88. The Morgan fingerprint density at radius 1 is 1.00 bits per heavy atom. The van der Waals surface area contributed by atoms with Crippen LogP contribution >= 0.6 is 0 Å². The van der Waals surface area contributed by atoms with Crippen LogP contribution in [0.2, 0.25) is 0 Å². The molecule has 0 bridgehead atoms. The maximum atomic E-state index is 13.1. The number of rotatable bonds is 7. The van der Waals surface area contributed by atoms with Crippen LogP contribution in [0.5, 0.6) is 0 Å². The third-order valence-corrected chi connectivity index (χ3v) is 7.35. The van der Waals surface area contributed by atoms with Crippen LogP contribution in [0.15, 0.2) is 48.5 Å². The molecule has 2 aliphatic rings. The molecule has 35 heavy (non-hydrogen) atoms. The van der Waals surface area contributed by atoms with Crippen molar-refractivity contribution in [3.05, 3.63) is 59.7 Å². The molecule has 4 rings (SSSR count). The minimum absolute atomic E-state index is 0.0557. The second kappa shape index (κ2) is 9.72. The van der Waals surface area contributed by atoms with Crippen LogP contribution < -0.4 is 10.6 Å². The van der Waals surface area contributed by atoms with E-state index in [1.807, 2.05) is 57.2 Å². The lowest BCUT2D eigenvalue weighted by molar-refractivity contribution is -0.148. The number of alkyl carbamates (subject to hydrolysis) is 1. The average molecular weight is 479 g/mol. The van der Waals surface area contributed by atoms with Crippen LogP contribution in [-0.2, 0) is 14.3 Å². The first-order valence-corrected chi connectivity index (χ1v) is 12.2. The first-order chi connectivity index (χ1) is 16.6. The molecule has 2 aromatic rings. The maximum Gasteiger partial charge on any atom is 0.407 e. The van der Waals surface area contributed by atoms with Gasteiger partial charge in [0.25, 0.3) is 0 Å². The van der Waals surface area contributed by atoms with Gasteiger partial charge < -0.3 is 20.5 Å². The highest BCUT2D eigenvalue weighted by Crippen LogP contribution is 2.44. The molecule has 0 heterocycles. The first-order valence-electron chi connectivity index (χ1n) is 12.2. The zero-order chi connectivity index (χ0) is 25.2. The number of fused-ring (bicyclic) bond motifs is 3. The van der Waals surface area contributed by atoms with Crippen LogP contribution in [-0.4, -0.2) is 42.3 Å². The van der Waals surface area contributed by atoms with Crippen LogP contribution in [0.3, 0.4) is 0 Å². The molecule has 2 amide bonds. The standard InChI is InChI=1S/C28H34N2O5/c1-27(2,3)23(24(31)29-17-28(25(32)33)14-8-9-15-28)30-26(34)35-16-22-20-12-6-4-10-18(20)19-11-5-7-13-21(19)22/h4-7,10-13,22-23H,8-9,14-17H2,1-3H3,(H,29,31)(H,30,34)(H,32,33)/t23-/m0/s1.